The zero-order chi connectivity index (χ0) is 12.1. The first-order valence-electron chi connectivity index (χ1n) is 5.12. The van der Waals surface area contributed by atoms with Crippen LogP contribution in [-0.2, 0) is 23.5 Å². The fourth-order valence-corrected chi connectivity index (χ4v) is 1.59. The molecule has 0 saturated carbocycles. The maximum Gasteiger partial charge on any atom is 2.00 e. The van der Waals surface area contributed by atoms with Crippen molar-refractivity contribution in [3.05, 3.63) is 34.9 Å². The molecule has 0 aliphatic heterocycles. The third-order valence-electron chi connectivity index (χ3n) is 2.37. The molecule has 1 rings (SSSR count). The minimum atomic E-state index is -1.49. The van der Waals surface area contributed by atoms with Crippen molar-refractivity contribution in [2.75, 3.05) is 0 Å². The average Bonchev–Trinajstić information content (AvgIpc) is 2.25. The van der Waals surface area contributed by atoms with Gasteiger partial charge in [0.1, 0.15) is 0 Å². The number of rotatable bonds is 5. The van der Waals surface area contributed by atoms with Crippen LogP contribution in [-0.4, -0.2) is 11.9 Å². The normalized spacial score (nSPS) is 9.47. The molecule has 0 heterocycles. The van der Waals surface area contributed by atoms with E-state index >= 15 is 0 Å². The van der Waals surface area contributed by atoms with E-state index in [2.05, 4.69) is 0 Å². The number of carboxylic acid groups (broad SMARTS) is 2. The summed E-state index contributed by atoms with van der Waals surface area (Å²) in [7, 11) is 0. The Morgan fingerprint density at radius 2 is 1.82 bits per heavy atom. The summed E-state index contributed by atoms with van der Waals surface area (Å²) < 4.78 is 0. The first kappa shape index (κ1) is 15.7. The molecule has 0 saturated heterocycles. The Balaban J connectivity index is 0.00000256. The summed E-state index contributed by atoms with van der Waals surface area (Å²) in [5, 5.41) is 21.7. The summed E-state index contributed by atoms with van der Waals surface area (Å²) in [6.07, 6.45) is 2.24. The molecular formula is C12H12CuO4. The fraction of sp³-hybridized carbons (Fsp3) is 0.333. The number of aryl methyl sites for hydroxylation is 1. The molecule has 95 valence electrons. The van der Waals surface area contributed by atoms with E-state index in [-0.39, 0.29) is 28.2 Å². The number of unbranched alkanes of at least 4 members (excludes halogenated alkanes) is 1. The Kier molecular flexibility index (Phi) is 6.54. The Morgan fingerprint density at radius 3 is 2.29 bits per heavy atom. The molecular weight excluding hydrogens is 272 g/mol. The van der Waals surface area contributed by atoms with E-state index in [4.69, 9.17) is 0 Å². The topological polar surface area (TPSA) is 80.3 Å². The predicted octanol–water partition coefficient (Wildman–Crippen LogP) is -0.246. The van der Waals surface area contributed by atoms with Gasteiger partial charge in [-0.05, 0) is 18.4 Å². The molecule has 0 N–H and O–H groups in total. The summed E-state index contributed by atoms with van der Waals surface area (Å²) >= 11 is 0. The van der Waals surface area contributed by atoms with Crippen LogP contribution in [0.25, 0.3) is 0 Å². The number of carbonyl (C=O) groups excluding carboxylic acids is 2. The Hall–Kier alpha value is -1.32. The van der Waals surface area contributed by atoms with Crippen molar-refractivity contribution < 1.29 is 36.9 Å². The minimum absolute atomic E-state index is 0. The van der Waals surface area contributed by atoms with E-state index in [0.29, 0.717) is 12.0 Å². The van der Waals surface area contributed by atoms with Crippen LogP contribution in [0.3, 0.4) is 0 Å². The molecule has 0 unspecified atom stereocenters. The molecule has 1 radical (unpaired) electrons. The number of carboxylic acids is 2. The van der Waals surface area contributed by atoms with E-state index in [1.807, 2.05) is 6.92 Å². The quantitative estimate of drug-likeness (QED) is 0.698. The van der Waals surface area contributed by atoms with Crippen LogP contribution in [0.5, 0.6) is 0 Å². The van der Waals surface area contributed by atoms with Crippen LogP contribution in [0, 0.1) is 0 Å². The molecule has 0 aliphatic carbocycles. The van der Waals surface area contributed by atoms with Gasteiger partial charge in [-0.25, -0.2) is 0 Å². The Labute approximate surface area is 110 Å². The minimum Gasteiger partial charge on any atom is -0.545 e. The molecule has 4 nitrogen and oxygen atoms in total. The molecule has 0 aromatic heterocycles. The van der Waals surface area contributed by atoms with Gasteiger partial charge in [0.2, 0.25) is 0 Å². The summed E-state index contributed by atoms with van der Waals surface area (Å²) in [5.41, 5.74) is -0.0758. The fourth-order valence-electron chi connectivity index (χ4n) is 1.59. The van der Waals surface area contributed by atoms with Crippen molar-refractivity contribution in [3.8, 4) is 0 Å². The first-order chi connectivity index (χ1) is 7.57. The third kappa shape index (κ3) is 3.87. The molecule has 0 bridgehead atoms. The van der Waals surface area contributed by atoms with Crippen LogP contribution < -0.4 is 10.2 Å². The number of hydrogen-bond acceptors (Lipinski definition) is 4. The Morgan fingerprint density at radius 1 is 1.18 bits per heavy atom. The van der Waals surface area contributed by atoms with Crippen LogP contribution >= 0.6 is 0 Å². The second-order valence-corrected chi connectivity index (χ2v) is 3.52. The van der Waals surface area contributed by atoms with E-state index in [9.17, 15) is 19.8 Å². The zero-order valence-electron chi connectivity index (χ0n) is 9.29. The van der Waals surface area contributed by atoms with Crippen molar-refractivity contribution in [2.24, 2.45) is 0 Å². The second-order valence-electron chi connectivity index (χ2n) is 3.52. The number of benzene rings is 1. The molecule has 0 amide bonds. The van der Waals surface area contributed by atoms with Crippen molar-refractivity contribution in [1.82, 2.24) is 0 Å². The number of hydrogen-bond donors (Lipinski definition) is 0. The van der Waals surface area contributed by atoms with Gasteiger partial charge in [-0.3, -0.25) is 0 Å². The van der Waals surface area contributed by atoms with Crippen LogP contribution in [0.4, 0.5) is 0 Å². The van der Waals surface area contributed by atoms with E-state index in [0.717, 1.165) is 12.8 Å². The standard InChI is InChI=1S/C12H14O4.Cu/c1-2-3-5-8-6-4-7-9(11(13)14)10(8)12(15)16;/h4,6-7H,2-3,5H2,1H3,(H,13,14)(H,15,16);/q;+2/p-2. The number of carbonyl (C=O) groups is 2. The van der Waals surface area contributed by atoms with Crippen molar-refractivity contribution >= 4 is 11.9 Å². The average molecular weight is 284 g/mol. The zero-order valence-corrected chi connectivity index (χ0v) is 10.2. The molecule has 0 fully saturated rings. The largest absolute Gasteiger partial charge is 2.00 e. The maximum atomic E-state index is 10.9. The summed E-state index contributed by atoms with van der Waals surface area (Å²) in [5.74, 6) is -2.96. The summed E-state index contributed by atoms with van der Waals surface area (Å²) in [4.78, 5) is 21.7. The summed E-state index contributed by atoms with van der Waals surface area (Å²) in [6, 6.07) is 4.34. The SMILES string of the molecule is CCCCc1cccc(C(=O)[O-])c1C(=O)[O-].[Cu+2]. The van der Waals surface area contributed by atoms with E-state index < -0.39 is 11.9 Å². The Bertz CT molecular complexity index is 415. The second kappa shape index (κ2) is 7.09. The van der Waals surface area contributed by atoms with Gasteiger partial charge in [0.15, 0.2) is 0 Å². The first-order valence-corrected chi connectivity index (χ1v) is 5.12. The molecule has 5 heteroatoms. The van der Waals surface area contributed by atoms with Gasteiger partial charge in [-0.15, -0.1) is 0 Å². The van der Waals surface area contributed by atoms with Crippen LogP contribution in [0.15, 0.2) is 18.2 Å². The molecule has 1 aromatic rings. The maximum absolute atomic E-state index is 10.9. The third-order valence-corrected chi connectivity index (χ3v) is 2.37. The van der Waals surface area contributed by atoms with E-state index in [1.165, 1.54) is 12.1 Å². The smallest absolute Gasteiger partial charge is 0.545 e. The monoisotopic (exact) mass is 283 g/mol. The van der Waals surface area contributed by atoms with Gasteiger partial charge in [-0.2, -0.15) is 0 Å². The van der Waals surface area contributed by atoms with E-state index in [1.54, 1.807) is 6.07 Å². The predicted molar refractivity (Wildman–Crippen MR) is 53.7 cm³/mol. The molecule has 1 aromatic carbocycles. The molecule has 17 heavy (non-hydrogen) atoms. The van der Waals surface area contributed by atoms with Gasteiger partial charge in [0.25, 0.3) is 0 Å². The van der Waals surface area contributed by atoms with Gasteiger partial charge in [0, 0.05) is 11.1 Å². The van der Waals surface area contributed by atoms with Crippen molar-refractivity contribution in [3.63, 3.8) is 0 Å². The molecule has 0 aliphatic rings. The van der Waals surface area contributed by atoms with Crippen LogP contribution in [0.1, 0.15) is 46.0 Å². The van der Waals surface area contributed by atoms with Gasteiger partial charge in [-0.1, -0.05) is 31.5 Å². The van der Waals surface area contributed by atoms with Crippen molar-refractivity contribution in [2.45, 2.75) is 26.2 Å². The van der Waals surface area contributed by atoms with Gasteiger partial charge >= 0.3 is 17.1 Å². The van der Waals surface area contributed by atoms with Gasteiger partial charge < -0.3 is 19.8 Å². The van der Waals surface area contributed by atoms with Gasteiger partial charge in [0.05, 0.1) is 11.9 Å². The summed E-state index contributed by atoms with van der Waals surface area (Å²) in [6.45, 7) is 1.97. The number of aromatic carboxylic acids is 2. The molecule has 0 atom stereocenters. The van der Waals surface area contributed by atoms with Crippen LogP contribution in [0.2, 0.25) is 0 Å². The molecule has 0 spiro atoms. The van der Waals surface area contributed by atoms with Crippen molar-refractivity contribution in [1.29, 1.82) is 0 Å².